The Morgan fingerprint density at radius 2 is 2.00 bits per heavy atom. The number of benzene rings is 1. The van der Waals surface area contributed by atoms with Gasteiger partial charge in [0, 0.05) is 18.1 Å². The fraction of sp³-hybridized carbons (Fsp3) is 0.312. The zero-order valence-electron chi connectivity index (χ0n) is 12.6. The molecular formula is C16H19ClN4O. The van der Waals surface area contributed by atoms with Gasteiger partial charge in [-0.05, 0) is 17.5 Å². The molecule has 0 aliphatic heterocycles. The summed E-state index contributed by atoms with van der Waals surface area (Å²) < 4.78 is 0. The van der Waals surface area contributed by atoms with Gasteiger partial charge in [-0.3, -0.25) is 4.79 Å². The zero-order valence-corrected chi connectivity index (χ0v) is 13.4. The zero-order chi connectivity index (χ0) is 15.9. The highest BCUT2D eigenvalue weighted by molar-refractivity contribution is 6.31. The number of hydrogen-bond donors (Lipinski definition) is 2. The maximum atomic E-state index is 12.0. The molecule has 0 bridgehead atoms. The van der Waals surface area contributed by atoms with Gasteiger partial charge in [-0.1, -0.05) is 43.6 Å². The van der Waals surface area contributed by atoms with Crippen LogP contribution in [0.1, 0.15) is 29.9 Å². The van der Waals surface area contributed by atoms with Gasteiger partial charge in [-0.25, -0.2) is 9.97 Å². The Morgan fingerprint density at radius 3 is 2.64 bits per heavy atom. The second-order valence-electron chi connectivity index (χ2n) is 5.34. The van der Waals surface area contributed by atoms with Crippen molar-refractivity contribution < 1.29 is 4.79 Å². The third-order valence-electron chi connectivity index (χ3n) is 2.97. The first kappa shape index (κ1) is 16.2. The Hall–Kier alpha value is -2.14. The molecule has 0 aliphatic carbocycles. The summed E-state index contributed by atoms with van der Waals surface area (Å²) in [6.07, 6.45) is 3.03. The van der Waals surface area contributed by atoms with Crippen molar-refractivity contribution in [3.8, 4) is 0 Å². The van der Waals surface area contributed by atoms with Crippen molar-refractivity contribution >= 4 is 23.3 Å². The number of hydrogen-bond acceptors (Lipinski definition) is 4. The molecule has 0 unspecified atom stereocenters. The quantitative estimate of drug-likeness (QED) is 0.858. The summed E-state index contributed by atoms with van der Waals surface area (Å²) in [6.45, 7) is 5.38. The molecule has 2 N–H and O–H groups in total. The minimum absolute atomic E-state index is 0.275. The number of nitrogens with zero attached hydrogens (tertiary/aromatic N) is 2. The van der Waals surface area contributed by atoms with Crippen LogP contribution in [0.25, 0.3) is 0 Å². The third kappa shape index (κ3) is 4.70. The lowest BCUT2D eigenvalue weighted by molar-refractivity contribution is 0.0945. The minimum Gasteiger partial charge on any atom is -0.369 e. The molecule has 0 saturated heterocycles. The van der Waals surface area contributed by atoms with E-state index in [0.717, 1.165) is 12.1 Å². The molecule has 0 saturated carbocycles. The largest absolute Gasteiger partial charge is 0.369 e. The van der Waals surface area contributed by atoms with Crippen molar-refractivity contribution in [1.29, 1.82) is 0 Å². The van der Waals surface area contributed by atoms with E-state index in [1.54, 1.807) is 12.3 Å². The first-order valence-electron chi connectivity index (χ1n) is 7.14. The number of carbonyl (C=O) groups excluding carboxylic acids is 1. The van der Waals surface area contributed by atoms with Gasteiger partial charge in [0.1, 0.15) is 11.5 Å². The van der Waals surface area contributed by atoms with Crippen molar-refractivity contribution in [2.45, 2.75) is 20.4 Å². The highest BCUT2D eigenvalue weighted by Gasteiger charge is 2.09. The summed E-state index contributed by atoms with van der Waals surface area (Å²) in [5.74, 6) is 0.902. The molecule has 22 heavy (non-hydrogen) atoms. The van der Waals surface area contributed by atoms with Crippen LogP contribution in [0.4, 0.5) is 5.82 Å². The summed E-state index contributed by atoms with van der Waals surface area (Å²) in [5, 5.41) is 6.56. The Bertz CT molecular complexity index is 628. The predicted octanol–water partition coefficient (Wildman–Crippen LogP) is 3.13. The summed E-state index contributed by atoms with van der Waals surface area (Å²) in [6, 6.07) is 7.38. The number of carbonyl (C=O) groups is 1. The van der Waals surface area contributed by atoms with E-state index < -0.39 is 0 Å². The number of nitrogens with one attached hydrogen (secondary N) is 2. The highest BCUT2D eigenvalue weighted by Crippen LogP contribution is 2.14. The Balaban J connectivity index is 1.91. The van der Waals surface area contributed by atoms with Crippen molar-refractivity contribution in [2.24, 2.45) is 5.92 Å². The van der Waals surface area contributed by atoms with Gasteiger partial charge in [-0.2, -0.15) is 0 Å². The average Bonchev–Trinajstić information content (AvgIpc) is 2.52. The van der Waals surface area contributed by atoms with Gasteiger partial charge in [-0.15, -0.1) is 0 Å². The van der Waals surface area contributed by atoms with E-state index in [1.165, 1.54) is 6.20 Å². The number of amides is 1. The van der Waals surface area contributed by atoms with E-state index >= 15 is 0 Å². The Labute approximate surface area is 135 Å². The molecule has 1 heterocycles. The minimum atomic E-state index is -0.275. The molecule has 1 aromatic heterocycles. The van der Waals surface area contributed by atoms with Gasteiger partial charge in [0.2, 0.25) is 0 Å². The van der Waals surface area contributed by atoms with Crippen LogP contribution in [0, 0.1) is 5.92 Å². The van der Waals surface area contributed by atoms with Crippen molar-refractivity contribution in [3.63, 3.8) is 0 Å². The smallest absolute Gasteiger partial charge is 0.271 e. The van der Waals surface area contributed by atoms with Crippen molar-refractivity contribution in [1.82, 2.24) is 15.3 Å². The second-order valence-corrected chi connectivity index (χ2v) is 5.74. The fourth-order valence-corrected chi connectivity index (χ4v) is 1.96. The molecule has 5 nitrogen and oxygen atoms in total. The van der Waals surface area contributed by atoms with Crippen LogP contribution < -0.4 is 10.6 Å². The van der Waals surface area contributed by atoms with E-state index in [1.807, 2.05) is 18.2 Å². The van der Waals surface area contributed by atoms with Crippen LogP contribution in [-0.4, -0.2) is 22.4 Å². The SMILES string of the molecule is CC(C)CNc1cnc(C(=O)NCc2ccccc2Cl)cn1. The van der Waals surface area contributed by atoms with Crippen LogP contribution in [0.15, 0.2) is 36.7 Å². The van der Waals surface area contributed by atoms with E-state index in [4.69, 9.17) is 11.6 Å². The van der Waals surface area contributed by atoms with Gasteiger partial charge in [0.25, 0.3) is 5.91 Å². The molecule has 0 fully saturated rings. The molecule has 0 atom stereocenters. The van der Waals surface area contributed by atoms with E-state index in [0.29, 0.717) is 23.3 Å². The lowest BCUT2D eigenvalue weighted by Crippen LogP contribution is -2.24. The topological polar surface area (TPSA) is 66.9 Å². The maximum absolute atomic E-state index is 12.0. The van der Waals surface area contributed by atoms with Crippen LogP contribution in [0.3, 0.4) is 0 Å². The third-order valence-corrected chi connectivity index (χ3v) is 3.34. The molecular weight excluding hydrogens is 300 g/mol. The molecule has 6 heteroatoms. The predicted molar refractivity (Wildman–Crippen MR) is 88.0 cm³/mol. The van der Waals surface area contributed by atoms with Gasteiger partial charge in [0.15, 0.2) is 0 Å². The number of aromatic nitrogens is 2. The van der Waals surface area contributed by atoms with Crippen LogP contribution >= 0.6 is 11.6 Å². The Kier molecular flexibility index (Phi) is 5.72. The summed E-state index contributed by atoms with van der Waals surface area (Å²) in [4.78, 5) is 20.3. The normalized spacial score (nSPS) is 10.5. The summed E-state index contributed by atoms with van der Waals surface area (Å²) in [5.41, 5.74) is 1.14. The molecule has 1 aromatic carbocycles. The van der Waals surface area contributed by atoms with E-state index in [9.17, 15) is 4.79 Å². The monoisotopic (exact) mass is 318 g/mol. The molecule has 2 aromatic rings. The van der Waals surface area contributed by atoms with Crippen LogP contribution in [0.2, 0.25) is 5.02 Å². The molecule has 2 rings (SSSR count). The molecule has 0 aliphatic rings. The molecule has 1 amide bonds. The second kappa shape index (κ2) is 7.75. The number of rotatable bonds is 6. The standard InChI is InChI=1S/C16H19ClN4O/c1-11(2)7-19-15-10-18-14(9-20-15)16(22)21-8-12-5-3-4-6-13(12)17/h3-6,9-11H,7-8H2,1-2H3,(H,19,20)(H,21,22). The number of anilines is 1. The van der Waals surface area contributed by atoms with E-state index in [2.05, 4.69) is 34.4 Å². The first-order valence-corrected chi connectivity index (χ1v) is 7.51. The average molecular weight is 319 g/mol. The lowest BCUT2D eigenvalue weighted by atomic mass is 10.2. The first-order chi connectivity index (χ1) is 10.6. The highest BCUT2D eigenvalue weighted by atomic mass is 35.5. The van der Waals surface area contributed by atoms with Gasteiger partial charge < -0.3 is 10.6 Å². The van der Waals surface area contributed by atoms with Crippen LogP contribution in [-0.2, 0) is 6.54 Å². The fourth-order valence-electron chi connectivity index (χ4n) is 1.75. The lowest BCUT2D eigenvalue weighted by Gasteiger charge is -2.09. The van der Waals surface area contributed by atoms with Crippen molar-refractivity contribution in [3.05, 3.63) is 52.9 Å². The van der Waals surface area contributed by atoms with Crippen LogP contribution in [0.5, 0.6) is 0 Å². The maximum Gasteiger partial charge on any atom is 0.271 e. The summed E-state index contributed by atoms with van der Waals surface area (Å²) >= 11 is 6.05. The number of halogens is 1. The molecule has 116 valence electrons. The molecule has 0 radical (unpaired) electrons. The Morgan fingerprint density at radius 1 is 1.23 bits per heavy atom. The van der Waals surface area contributed by atoms with E-state index in [-0.39, 0.29) is 11.6 Å². The summed E-state index contributed by atoms with van der Waals surface area (Å²) in [7, 11) is 0. The van der Waals surface area contributed by atoms with Gasteiger partial charge >= 0.3 is 0 Å². The molecule has 0 spiro atoms. The van der Waals surface area contributed by atoms with Gasteiger partial charge in [0.05, 0.1) is 12.4 Å². The van der Waals surface area contributed by atoms with Crippen molar-refractivity contribution in [2.75, 3.05) is 11.9 Å².